The van der Waals surface area contributed by atoms with Gasteiger partial charge in [0, 0.05) is 37.4 Å². The van der Waals surface area contributed by atoms with Gasteiger partial charge < -0.3 is 5.73 Å². The van der Waals surface area contributed by atoms with Gasteiger partial charge in [-0.3, -0.25) is 9.58 Å². The summed E-state index contributed by atoms with van der Waals surface area (Å²) >= 11 is 0. The molecule has 4 heteroatoms. The Morgan fingerprint density at radius 1 is 1.40 bits per heavy atom. The Balaban J connectivity index is 1.87. The van der Waals surface area contributed by atoms with Gasteiger partial charge in [-0.15, -0.1) is 0 Å². The predicted molar refractivity (Wildman–Crippen MR) is 58.3 cm³/mol. The van der Waals surface area contributed by atoms with Crippen molar-refractivity contribution in [2.24, 2.45) is 12.8 Å². The molecule has 82 valence electrons. The first-order valence-electron chi connectivity index (χ1n) is 5.75. The summed E-state index contributed by atoms with van der Waals surface area (Å²) in [5.41, 5.74) is 7.48. The number of aryl methyl sites for hydroxylation is 1. The van der Waals surface area contributed by atoms with Crippen LogP contribution in [0.25, 0.3) is 0 Å². The minimum Gasteiger partial charge on any atom is -0.326 e. The quantitative estimate of drug-likeness (QED) is 0.773. The number of hydrogen-bond donors (Lipinski definition) is 1. The van der Waals surface area contributed by atoms with E-state index in [-0.39, 0.29) is 6.04 Å². The summed E-state index contributed by atoms with van der Waals surface area (Å²) in [5.74, 6) is 0. The van der Waals surface area contributed by atoms with E-state index in [9.17, 15) is 0 Å². The van der Waals surface area contributed by atoms with Crippen LogP contribution in [0.1, 0.15) is 30.9 Å². The molecule has 2 heterocycles. The second-order valence-corrected chi connectivity index (χ2v) is 4.81. The molecular weight excluding hydrogens is 188 g/mol. The fraction of sp³-hybridized carbons (Fsp3) is 0.727. The third-order valence-electron chi connectivity index (χ3n) is 3.57. The maximum absolute atomic E-state index is 6.20. The molecule has 0 bridgehead atoms. The summed E-state index contributed by atoms with van der Waals surface area (Å²) in [6.45, 7) is 1.16. The van der Waals surface area contributed by atoms with Crippen molar-refractivity contribution in [1.82, 2.24) is 14.7 Å². The van der Waals surface area contributed by atoms with Gasteiger partial charge >= 0.3 is 0 Å². The lowest BCUT2D eigenvalue weighted by Crippen LogP contribution is -2.32. The highest BCUT2D eigenvalue weighted by atomic mass is 15.3. The molecule has 2 unspecified atom stereocenters. The summed E-state index contributed by atoms with van der Waals surface area (Å²) in [6.07, 6.45) is 7.89. The highest BCUT2D eigenvalue weighted by molar-refractivity contribution is 5.17. The molecular formula is C11H18N4. The van der Waals surface area contributed by atoms with Gasteiger partial charge in [-0.25, -0.2) is 0 Å². The molecule has 2 fully saturated rings. The zero-order chi connectivity index (χ0) is 10.4. The number of likely N-dealkylation sites (tertiary alicyclic amines) is 1. The van der Waals surface area contributed by atoms with Crippen LogP contribution >= 0.6 is 0 Å². The van der Waals surface area contributed by atoms with Crippen molar-refractivity contribution in [3.05, 3.63) is 18.0 Å². The van der Waals surface area contributed by atoms with Crippen molar-refractivity contribution < 1.29 is 0 Å². The van der Waals surface area contributed by atoms with Crippen molar-refractivity contribution in [3.8, 4) is 0 Å². The van der Waals surface area contributed by atoms with E-state index >= 15 is 0 Å². The van der Waals surface area contributed by atoms with Gasteiger partial charge in [-0.05, 0) is 19.3 Å². The molecule has 0 radical (unpaired) electrons. The molecule has 2 aliphatic rings. The first-order valence-corrected chi connectivity index (χ1v) is 5.75. The number of nitrogens with two attached hydrogens (primary N) is 1. The van der Waals surface area contributed by atoms with Crippen LogP contribution in [-0.4, -0.2) is 33.3 Å². The molecule has 1 saturated heterocycles. The Morgan fingerprint density at radius 2 is 2.20 bits per heavy atom. The summed E-state index contributed by atoms with van der Waals surface area (Å²) in [5, 5.41) is 4.24. The third-order valence-corrected chi connectivity index (χ3v) is 3.57. The van der Waals surface area contributed by atoms with Gasteiger partial charge in [-0.2, -0.15) is 5.10 Å². The molecule has 0 amide bonds. The summed E-state index contributed by atoms with van der Waals surface area (Å²) < 4.78 is 1.87. The van der Waals surface area contributed by atoms with Crippen LogP contribution in [0, 0.1) is 0 Å². The molecule has 2 atom stereocenters. The lowest BCUT2D eigenvalue weighted by molar-refractivity contribution is 0.237. The Kier molecular flexibility index (Phi) is 2.07. The maximum Gasteiger partial charge on any atom is 0.0538 e. The minimum absolute atomic E-state index is 0.287. The van der Waals surface area contributed by atoms with Crippen molar-refractivity contribution >= 4 is 0 Å². The Hall–Kier alpha value is -0.870. The molecule has 4 nitrogen and oxygen atoms in total. The summed E-state index contributed by atoms with van der Waals surface area (Å²) in [7, 11) is 1.96. The molecule has 1 saturated carbocycles. The third kappa shape index (κ3) is 1.58. The standard InChI is InChI=1S/C11H18N4/c1-14-7-8(6-13-14)11-10(12)4-5-15(11)9-2-3-9/h6-7,9-11H,2-5,12H2,1H3. The number of nitrogens with zero attached hydrogens (tertiary/aromatic N) is 3. The van der Waals surface area contributed by atoms with Crippen LogP contribution < -0.4 is 5.73 Å². The molecule has 0 aromatic carbocycles. The van der Waals surface area contributed by atoms with Crippen LogP contribution in [0.2, 0.25) is 0 Å². The SMILES string of the molecule is Cn1cc(C2C(N)CCN2C2CC2)cn1. The monoisotopic (exact) mass is 206 g/mol. The topological polar surface area (TPSA) is 47.1 Å². The average molecular weight is 206 g/mol. The number of aromatic nitrogens is 2. The zero-order valence-corrected chi connectivity index (χ0v) is 9.13. The maximum atomic E-state index is 6.20. The van der Waals surface area contributed by atoms with Gasteiger partial charge in [0.05, 0.1) is 12.2 Å². The van der Waals surface area contributed by atoms with E-state index in [4.69, 9.17) is 5.73 Å². The second-order valence-electron chi connectivity index (χ2n) is 4.81. The van der Waals surface area contributed by atoms with E-state index in [0.29, 0.717) is 6.04 Å². The van der Waals surface area contributed by atoms with Crippen LogP contribution in [0.5, 0.6) is 0 Å². The van der Waals surface area contributed by atoms with E-state index in [1.54, 1.807) is 0 Å². The molecule has 2 N–H and O–H groups in total. The van der Waals surface area contributed by atoms with E-state index < -0.39 is 0 Å². The van der Waals surface area contributed by atoms with Gasteiger partial charge in [0.25, 0.3) is 0 Å². The van der Waals surface area contributed by atoms with Crippen LogP contribution in [0.4, 0.5) is 0 Å². The van der Waals surface area contributed by atoms with Crippen LogP contribution in [0.3, 0.4) is 0 Å². The molecule has 15 heavy (non-hydrogen) atoms. The first-order chi connectivity index (χ1) is 7.25. The fourth-order valence-electron chi connectivity index (χ4n) is 2.69. The summed E-state index contributed by atoms with van der Waals surface area (Å²) in [6, 6.07) is 1.49. The van der Waals surface area contributed by atoms with E-state index in [1.807, 2.05) is 17.9 Å². The summed E-state index contributed by atoms with van der Waals surface area (Å²) in [4.78, 5) is 2.57. The normalized spacial score (nSPS) is 32.4. The largest absolute Gasteiger partial charge is 0.326 e. The van der Waals surface area contributed by atoms with Crippen LogP contribution in [0.15, 0.2) is 12.4 Å². The lowest BCUT2D eigenvalue weighted by atomic mass is 10.0. The van der Waals surface area contributed by atoms with Crippen LogP contribution in [-0.2, 0) is 7.05 Å². The van der Waals surface area contributed by atoms with Gasteiger partial charge in [-0.1, -0.05) is 0 Å². The van der Waals surface area contributed by atoms with E-state index in [0.717, 1.165) is 19.0 Å². The molecule has 1 aromatic heterocycles. The van der Waals surface area contributed by atoms with Gasteiger partial charge in [0.15, 0.2) is 0 Å². The zero-order valence-electron chi connectivity index (χ0n) is 9.13. The molecule has 3 rings (SSSR count). The molecule has 0 spiro atoms. The van der Waals surface area contributed by atoms with Gasteiger partial charge in [0.1, 0.15) is 0 Å². The first kappa shape index (κ1) is 9.36. The van der Waals surface area contributed by atoms with Crippen molar-refractivity contribution in [2.45, 2.75) is 37.4 Å². The predicted octanol–water partition coefficient (Wildman–Crippen LogP) is 0.657. The Labute approximate surface area is 90.0 Å². The number of rotatable bonds is 2. The second kappa shape index (κ2) is 3.32. The van der Waals surface area contributed by atoms with E-state index in [1.165, 1.54) is 18.4 Å². The smallest absolute Gasteiger partial charge is 0.0538 e. The number of hydrogen-bond acceptors (Lipinski definition) is 3. The highest BCUT2D eigenvalue weighted by Gasteiger charge is 2.41. The fourth-order valence-corrected chi connectivity index (χ4v) is 2.69. The molecule has 1 aromatic rings. The minimum atomic E-state index is 0.287. The van der Waals surface area contributed by atoms with Crippen molar-refractivity contribution in [1.29, 1.82) is 0 Å². The molecule has 1 aliphatic heterocycles. The van der Waals surface area contributed by atoms with Crippen molar-refractivity contribution in [3.63, 3.8) is 0 Å². The van der Waals surface area contributed by atoms with Crippen molar-refractivity contribution in [2.75, 3.05) is 6.54 Å². The average Bonchev–Trinajstić information content (AvgIpc) is 2.86. The molecule has 1 aliphatic carbocycles. The lowest BCUT2D eigenvalue weighted by Gasteiger charge is -2.25. The Morgan fingerprint density at radius 3 is 2.80 bits per heavy atom. The van der Waals surface area contributed by atoms with Gasteiger partial charge in [0.2, 0.25) is 0 Å². The highest BCUT2D eigenvalue weighted by Crippen LogP contribution is 2.39. The Bertz CT molecular complexity index is 355. The van der Waals surface area contributed by atoms with E-state index in [2.05, 4.69) is 16.2 Å².